The monoisotopic (exact) mass is 371 g/mol. The molecule has 2 heterocycles. The second kappa shape index (κ2) is 7.18. The summed E-state index contributed by atoms with van der Waals surface area (Å²) in [6.07, 6.45) is 2.35. The lowest BCUT2D eigenvalue weighted by molar-refractivity contribution is -0.124. The first-order valence-corrected chi connectivity index (χ1v) is 9.70. The molecule has 0 bridgehead atoms. The molecule has 2 amide bonds. The molecule has 1 aliphatic heterocycles. The maximum absolute atomic E-state index is 11.9. The Morgan fingerprint density at radius 3 is 2.91 bits per heavy atom. The van der Waals surface area contributed by atoms with E-state index in [1.54, 1.807) is 0 Å². The number of carbonyl (C=O) groups excluding carboxylic acids is 2. The van der Waals surface area contributed by atoms with Crippen molar-refractivity contribution in [2.75, 3.05) is 24.6 Å². The van der Waals surface area contributed by atoms with Crippen LogP contribution in [-0.4, -0.2) is 60.4 Å². The third-order valence-corrected chi connectivity index (χ3v) is 6.09. The molecule has 10 heteroatoms. The number of rotatable bonds is 7. The zero-order chi connectivity index (χ0) is 16.4. The summed E-state index contributed by atoms with van der Waals surface area (Å²) in [5.41, 5.74) is 0. The van der Waals surface area contributed by atoms with Gasteiger partial charge in [-0.1, -0.05) is 35.7 Å². The van der Waals surface area contributed by atoms with Crippen LogP contribution < -0.4 is 5.32 Å². The molecule has 1 saturated carbocycles. The van der Waals surface area contributed by atoms with Crippen LogP contribution in [0.25, 0.3) is 0 Å². The molecule has 3 rings (SSSR count). The summed E-state index contributed by atoms with van der Waals surface area (Å²) in [7, 11) is 1.94. The molecule has 1 aliphatic carbocycles. The molecule has 7 nitrogen and oxygen atoms in total. The van der Waals surface area contributed by atoms with Gasteiger partial charge in [0.15, 0.2) is 5.16 Å². The van der Waals surface area contributed by atoms with Crippen molar-refractivity contribution < 1.29 is 9.59 Å². The molecule has 1 aromatic heterocycles. The van der Waals surface area contributed by atoms with Gasteiger partial charge in [-0.05, 0) is 12.8 Å². The SMILES string of the molecule is Cn1c(SCC(=O)NCCN2C(=O)CSC2=S)nnc1C1CC1. The molecule has 2 aliphatic rings. The van der Waals surface area contributed by atoms with E-state index in [2.05, 4.69) is 15.5 Å². The molecule has 1 saturated heterocycles. The van der Waals surface area contributed by atoms with Crippen molar-refractivity contribution in [3.05, 3.63) is 5.82 Å². The third kappa shape index (κ3) is 4.04. The molecule has 0 spiro atoms. The molecular formula is C13H17N5O2S3. The van der Waals surface area contributed by atoms with E-state index in [-0.39, 0.29) is 17.6 Å². The van der Waals surface area contributed by atoms with Gasteiger partial charge in [-0.2, -0.15) is 0 Å². The van der Waals surface area contributed by atoms with Crippen LogP contribution in [-0.2, 0) is 16.6 Å². The lowest BCUT2D eigenvalue weighted by Crippen LogP contribution is -2.37. The molecule has 124 valence electrons. The highest BCUT2D eigenvalue weighted by Gasteiger charge is 2.29. The second-order valence-corrected chi connectivity index (χ2v) is 7.96. The minimum absolute atomic E-state index is 0.00955. The Hall–Kier alpha value is -1.13. The Balaban J connectivity index is 1.39. The Kier molecular flexibility index (Phi) is 5.22. The van der Waals surface area contributed by atoms with Gasteiger partial charge in [-0.15, -0.1) is 10.2 Å². The van der Waals surface area contributed by atoms with Crippen LogP contribution in [0.4, 0.5) is 0 Å². The summed E-state index contributed by atoms with van der Waals surface area (Å²) in [4.78, 5) is 25.0. The van der Waals surface area contributed by atoms with Crippen molar-refractivity contribution in [3.63, 3.8) is 0 Å². The number of thioether (sulfide) groups is 2. The van der Waals surface area contributed by atoms with Crippen LogP contribution >= 0.6 is 35.7 Å². The summed E-state index contributed by atoms with van der Waals surface area (Å²) in [5, 5.41) is 11.9. The fraction of sp³-hybridized carbons (Fsp3) is 0.615. The average molecular weight is 372 g/mol. The van der Waals surface area contributed by atoms with Gasteiger partial charge in [0, 0.05) is 26.1 Å². The van der Waals surface area contributed by atoms with Crippen LogP contribution in [0.5, 0.6) is 0 Å². The number of carbonyl (C=O) groups is 2. The van der Waals surface area contributed by atoms with Crippen molar-refractivity contribution in [1.82, 2.24) is 25.0 Å². The van der Waals surface area contributed by atoms with Gasteiger partial charge >= 0.3 is 0 Å². The van der Waals surface area contributed by atoms with E-state index in [9.17, 15) is 9.59 Å². The number of nitrogens with one attached hydrogen (secondary N) is 1. The van der Waals surface area contributed by atoms with Gasteiger partial charge in [-0.3, -0.25) is 14.5 Å². The molecular weight excluding hydrogens is 354 g/mol. The van der Waals surface area contributed by atoms with Gasteiger partial charge in [0.2, 0.25) is 11.8 Å². The van der Waals surface area contributed by atoms with Gasteiger partial charge < -0.3 is 9.88 Å². The van der Waals surface area contributed by atoms with Crippen molar-refractivity contribution in [2.24, 2.45) is 7.05 Å². The predicted octanol–water partition coefficient (Wildman–Crippen LogP) is 0.761. The highest BCUT2D eigenvalue weighted by molar-refractivity contribution is 8.23. The Bertz CT molecular complexity index is 628. The summed E-state index contributed by atoms with van der Waals surface area (Å²) in [6, 6.07) is 0. The summed E-state index contributed by atoms with van der Waals surface area (Å²) in [5.74, 6) is 2.15. The second-order valence-electron chi connectivity index (χ2n) is 5.41. The maximum atomic E-state index is 11.9. The smallest absolute Gasteiger partial charge is 0.238 e. The molecule has 1 N–H and O–H groups in total. The predicted molar refractivity (Wildman–Crippen MR) is 93.5 cm³/mol. The van der Waals surface area contributed by atoms with E-state index in [0.29, 0.717) is 29.1 Å². The fourth-order valence-electron chi connectivity index (χ4n) is 2.23. The van der Waals surface area contributed by atoms with Crippen molar-refractivity contribution in [2.45, 2.75) is 23.9 Å². The van der Waals surface area contributed by atoms with Gasteiger partial charge in [0.05, 0.1) is 11.5 Å². The number of thiocarbonyl (C=S) groups is 1. The van der Waals surface area contributed by atoms with Crippen LogP contribution in [0.15, 0.2) is 5.16 Å². The maximum Gasteiger partial charge on any atom is 0.238 e. The number of hydrogen-bond donors (Lipinski definition) is 1. The Labute approximate surface area is 147 Å². The first-order valence-electron chi connectivity index (χ1n) is 7.32. The first-order chi connectivity index (χ1) is 11.1. The topological polar surface area (TPSA) is 80.1 Å². The van der Waals surface area contributed by atoms with Crippen molar-refractivity contribution in [1.29, 1.82) is 0 Å². The largest absolute Gasteiger partial charge is 0.354 e. The highest BCUT2D eigenvalue weighted by Crippen LogP contribution is 2.39. The van der Waals surface area contributed by atoms with Crippen LogP contribution in [0.1, 0.15) is 24.6 Å². The molecule has 1 aromatic rings. The molecule has 23 heavy (non-hydrogen) atoms. The zero-order valence-corrected chi connectivity index (χ0v) is 15.1. The van der Waals surface area contributed by atoms with E-state index >= 15 is 0 Å². The van der Waals surface area contributed by atoms with Gasteiger partial charge in [0.25, 0.3) is 0 Å². The fourth-order valence-corrected chi connectivity index (χ4v) is 4.10. The quantitative estimate of drug-likeness (QED) is 0.560. The van der Waals surface area contributed by atoms with Crippen LogP contribution in [0.3, 0.4) is 0 Å². The molecule has 0 aromatic carbocycles. The van der Waals surface area contributed by atoms with Gasteiger partial charge in [-0.25, -0.2) is 0 Å². The molecule has 0 unspecified atom stereocenters. The summed E-state index contributed by atoms with van der Waals surface area (Å²) >= 11 is 7.82. The first kappa shape index (κ1) is 16.7. The van der Waals surface area contributed by atoms with E-state index in [4.69, 9.17) is 12.2 Å². The van der Waals surface area contributed by atoms with E-state index in [0.717, 1.165) is 11.0 Å². The highest BCUT2D eigenvalue weighted by atomic mass is 32.2. The normalized spacial score (nSPS) is 17.9. The average Bonchev–Trinajstić information content (AvgIpc) is 3.23. The number of aromatic nitrogens is 3. The number of nitrogens with zero attached hydrogens (tertiary/aromatic N) is 4. The lowest BCUT2D eigenvalue weighted by Gasteiger charge is -2.14. The zero-order valence-electron chi connectivity index (χ0n) is 12.7. The Morgan fingerprint density at radius 2 is 2.26 bits per heavy atom. The van der Waals surface area contributed by atoms with Crippen LogP contribution in [0, 0.1) is 0 Å². The minimum atomic E-state index is -0.0869. The third-order valence-electron chi connectivity index (χ3n) is 3.64. The van der Waals surface area contributed by atoms with E-state index < -0.39 is 0 Å². The summed E-state index contributed by atoms with van der Waals surface area (Å²) in [6.45, 7) is 0.828. The molecule has 0 radical (unpaired) electrons. The minimum Gasteiger partial charge on any atom is -0.354 e. The van der Waals surface area contributed by atoms with Crippen molar-refractivity contribution in [3.8, 4) is 0 Å². The van der Waals surface area contributed by atoms with Gasteiger partial charge in [0.1, 0.15) is 10.1 Å². The number of amides is 2. The standard InChI is InChI=1S/C13H17N5O2S3/c1-17-11(8-2-3-8)15-16-12(17)22-6-9(19)14-4-5-18-10(20)7-23-13(18)21/h8H,2-7H2,1H3,(H,14,19). The van der Waals surface area contributed by atoms with E-state index in [1.807, 2.05) is 11.6 Å². The lowest BCUT2D eigenvalue weighted by atomic mass is 10.4. The molecule has 0 atom stereocenters. The van der Waals surface area contributed by atoms with Crippen molar-refractivity contribution >= 4 is 51.9 Å². The molecule has 2 fully saturated rings. The van der Waals surface area contributed by atoms with Crippen LogP contribution in [0.2, 0.25) is 0 Å². The number of hydrogen-bond acceptors (Lipinski definition) is 7. The Morgan fingerprint density at radius 1 is 1.48 bits per heavy atom. The summed E-state index contributed by atoms with van der Waals surface area (Å²) < 4.78 is 2.55. The van der Waals surface area contributed by atoms with E-state index in [1.165, 1.54) is 41.3 Å².